The highest BCUT2D eigenvalue weighted by Gasteiger charge is 2.05. The molecule has 0 saturated carbocycles. The van der Waals surface area contributed by atoms with Gasteiger partial charge < -0.3 is 15.4 Å². The Balaban J connectivity index is 1.70. The molecular weight excluding hydrogens is 324 g/mol. The molecule has 128 valence electrons. The van der Waals surface area contributed by atoms with Gasteiger partial charge in [-0.25, -0.2) is 4.79 Å². The van der Waals surface area contributed by atoms with E-state index in [1.165, 1.54) is 5.56 Å². The number of amides is 2. The van der Waals surface area contributed by atoms with Crippen molar-refractivity contribution in [2.24, 2.45) is 0 Å². The summed E-state index contributed by atoms with van der Waals surface area (Å²) in [6.45, 7) is 7.46. The lowest BCUT2D eigenvalue weighted by Gasteiger charge is -2.13. The summed E-state index contributed by atoms with van der Waals surface area (Å²) in [6.07, 6.45) is 0. The summed E-state index contributed by atoms with van der Waals surface area (Å²) in [5.74, 6) is 0.893. The Bertz CT molecular complexity index is 676. The van der Waals surface area contributed by atoms with Gasteiger partial charge in [0.15, 0.2) is 0 Å². The molecule has 24 heavy (non-hydrogen) atoms. The van der Waals surface area contributed by atoms with E-state index in [0.29, 0.717) is 24.7 Å². The Morgan fingerprint density at radius 1 is 1.04 bits per heavy atom. The minimum absolute atomic E-state index is 0.217. The van der Waals surface area contributed by atoms with E-state index in [2.05, 4.69) is 29.7 Å². The Morgan fingerprint density at radius 3 is 2.29 bits per heavy atom. The smallest absolute Gasteiger partial charge is 0.315 e. The van der Waals surface area contributed by atoms with Crippen LogP contribution in [0.2, 0.25) is 5.02 Å². The molecule has 0 aromatic heterocycles. The van der Waals surface area contributed by atoms with Gasteiger partial charge in [0.2, 0.25) is 0 Å². The molecule has 0 bridgehead atoms. The molecule has 0 heterocycles. The molecule has 0 aliphatic rings. The molecule has 0 atom stereocenters. The molecule has 0 saturated heterocycles. The highest BCUT2D eigenvalue weighted by Crippen LogP contribution is 2.24. The van der Waals surface area contributed by atoms with E-state index in [1.807, 2.05) is 26.0 Å². The van der Waals surface area contributed by atoms with E-state index in [9.17, 15) is 4.79 Å². The molecule has 2 rings (SSSR count). The molecule has 0 spiro atoms. The van der Waals surface area contributed by atoms with E-state index in [0.717, 1.165) is 22.4 Å². The van der Waals surface area contributed by atoms with Gasteiger partial charge >= 0.3 is 6.03 Å². The van der Waals surface area contributed by atoms with Gasteiger partial charge in [-0.2, -0.15) is 0 Å². The average Bonchev–Trinajstić information content (AvgIpc) is 2.52. The molecule has 2 N–H and O–H groups in total. The maximum absolute atomic E-state index is 11.8. The zero-order chi connectivity index (χ0) is 17.5. The van der Waals surface area contributed by atoms with Crippen LogP contribution in [-0.4, -0.2) is 19.2 Å². The van der Waals surface area contributed by atoms with Crippen LogP contribution in [0.4, 0.5) is 4.79 Å². The van der Waals surface area contributed by atoms with Crippen molar-refractivity contribution in [3.63, 3.8) is 0 Å². The monoisotopic (exact) mass is 346 g/mol. The Labute approximate surface area is 148 Å². The molecular formula is C19H23ClN2O2. The van der Waals surface area contributed by atoms with E-state index < -0.39 is 0 Å². The summed E-state index contributed by atoms with van der Waals surface area (Å²) in [5.41, 5.74) is 4.44. The van der Waals surface area contributed by atoms with Crippen molar-refractivity contribution in [3.8, 4) is 5.75 Å². The van der Waals surface area contributed by atoms with Gasteiger partial charge in [0, 0.05) is 11.6 Å². The summed E-state index contributed by atoms with van der Waals surface area (Å²) < 4.78 is 5.79. The Hall–Kier alpha value is -2.20. The van der Waals surface area contributed by atoms with Crippen LogP contribution in [0.15, 0.2) is 36.4 Å². The molecule has 0 unspecified atom stereocenters. The zero-order valence-electron chi connectivity index (χ0n) is 14.3. The number of rotatable bonds is 6. The molecule has 0 aliphatic heterocycles. The molecule has 2 aromatic carbocycles. The predicted octanol–water partition coefficient (Wildman–Crippen LogP) is 4.14. The summed E-state index contributed by atoms with van der Waals surface area (Å²) in [6, 6.07) is 11.3. The quantitative estimate of drug-likeness (QED) is 0.772. The van der Waals surface area contributed by atoms with Crippen LogP contribution in [-0.2, 0) is 6.54 Å². The third-order valence-electron chi connectivity index (χ3n) is 3.61. The van der Waals surface area contributed by atoms with Gasteiger partial charge in [-0.3, -0.25) is 0 Å². The van der Waals surface area contributed by atoms with Crippen molar-refractivity contribution in [1.82, 2.24) is 10.6 Å². The first-order chi connectivity index (χ1) is 11.5. The van der Waals surface area contributed by atoms with Crippen molar-refractivity contribution in [1.29, 1.82) is 0 Å². The van der Waals surface area contributed by atoms with Crippen LogP contribution < -0.4 is 15.4 Å². The third-order valence-corrected chi connectivity index (χ3v) is 3.86. The number of benzene rings is 2. The van der Waals surface area contributed by atoms with Crippen LogP contribution in [0.5, 0.6) is 5.75 Å². The van der Waals surface area contributed by atoms with Crippen molar-refractivity contribution < 1.29 is 9.53 Å². The first-order valence-corrected chi connectivity index (χ1v) is 8.30. The van der Waals surface area contributed by atoms with Gasteiger partial charge in [-0.05, 0) is 49.6 Å². The minimum atomic E-state index is -0.217. The van der Waals surface area contributed by atoms with Crippen LogP contribution >= 0.6 is 11.6 Å². The van der Waals surface area contributed by atoms with Gasteiger partial charge in [0.25, 0.3) is 0 Å². The SMILES string of the molecule is Cc1cc(C)c(OCCNC(=O)NCc2ccc(Cl)cc2)c(C)c1. The van der Waals surface area contributed by atoms with E-state index in [4.69, 9.17) is 16.3 Å². The van der Waals surface area contributed by atoms with Crippen LogP contribution in [0, 0.1) is 20.8 Å². The zero-order valence-corrected chi connectivity index (χ0v) is 15.0. The second-order valence-corrected chi connectivity index (χ2v) is 6.25. The Kier molecular flexibility index (Phi) is 6.50. The standard InChI is InChI=1S/C19H23ClN2O2/c1-13-10-14(2)18(15(3)11-13)24-9-8-21-19(23)22-12-16-4-6-17(20)7-5-16/h4-7,10-11H,8-9,12H2,1-3H3,(H2,21,22,23). The minimum Gasteiger partial charge on any atom is -0.491 e. The fourth-order valence-corrected chi connectivity index (χ4v) is 2.69. The molecule has 2 aromatic rings. The van der Waals surface area contributed by atoms with E-state index >= 15 is 0 Å². The predicted molar refractivity (Wildman–Crippen MR) is 97.8 cm³/mol. The first kappa shape index (κ1) is 18.1. The van der Waals surface area contributed by atoms with Crippen molar-refractivity contribution in [2.75, 3.05) is 13.2 Å². The number of halogens is 1. The summed E-state index contributed by atoms with van der Waals surface area (Å²) >= 11 is 5.83. The van der Waals surface area contributed by atoms with Crippen LogP contribution in [0.1, 0.15) is 22.3 Å². The van der Waals surface area contributed by atoms with Crippen molar-refractivity contribution in [2.45, 2.75) is 27.3 Å². The van der Waals surface area contributed by atoms with Crippen LogP contribution in [0.3, 0.4) is 0 Å². The number of hydrogen-bond acceptors (Lipinski definition) is 2. The number of ether oxygens (including phenoxy) is 1. The number of hydrogen-bond donors (Lipinski definition) is 2. The van der Waals surface area contributed by atoms with Gasteiger partial charge in [0.05, 0.1) is 6.54 Å². The second kappa shape index (κ2) is 8.60. The number of nitrogens with one attached hydrogen (secondary N) is 2. The summed E-state index contributed by atoms with van der Waals surface area (Å²) in [7, 11) is 0. The molecule has 0 radical (unpaired) electrons. The molecule has 4 nitrogen and oxygen atoms in total. The van der Waals surface area contributed by atoms with Gasteiger partial charge in [-0.1, -0.05) is 41.4 Å². The number of carbonyl (C=O) groups is 1. The lowest BCUT2D eigenvalue weighted by atomic mass is 10.1. The fourth-order valence-electron chi connectivity index (χ4n) is 2.56. The second-order valence-electron chi connectivity index (χ2n) is 5.81. The number of aryl methyl sites for hydroxylation is 3. The highest BCUT2D eigenvalue weighted by molar-refractivity contribution is 6.30. The first-order valence-electron chi connectivity index (χ1n) is 7.92. The summed E-state index contributed by atoms with van der Waals surface area (Å²) in [5, 5.41) is 6.26. The highest BCUT2D eigenvalue weighted by atomic mass is 35.5. The van der Waals surface area contributed by atoms with Crippen LogP contribution in [0.25, 0.3) is 0 Å². The number of urea groups is 1. The molecule has 0 fully saturated rings. The maximum Gasteiger partial charge on any atom is 0.315 e. The van der Waals surface area contributed by atoms with E-state index in [1.54, 1.807) is 12.1 Å². The maximum atomic E-state index is 11.8. The lowest BCUT2D eigenvalue weighted by Crippen LogP contribution is -2.37. The van der Waals surface area contributed by atoms with Gasteiger partial charge in [0.1, 0.15) is 12.4 Å². The summed E-state index contributed by atoms with van der Waals surface area (Å²) in [4.78, 5) is 11.8. The normalized spacial score (nSPS) is 10.3. The lowest BCUT2D eigenvalue weighted by molar-refractivity contribution is 0.236. The molecule has 0 aliphatic carbocycles. The van der Waals surface area contributed by atoms with Crippen molar-refractivity contribution in [3.05, 3.63) is 63.7 Å². The molecule has 2 amide bonds. The third kappa shape index (κ3) is 5.46. The van der Waals surface area contributed by atoms with Crippen molar-refractivity contribution >= 4 is 17.6 Å². The van der Waals surface area contributed by atoms with Gasteiger partial charge in [-0.15, -0.1) is 0 Å². The average molecular weight is 347 g/mol. The Morgan fingerprint density at radius 2 is 1.67 bits per heavy atom. The topological polar surface area (TPSA) is 50.4 Å². The molecule has 5 heteroatoms. The number of carbonyl (C=O) groups excluding carboxylic acids is 1. The van der Waals surface area contributed by atoms with E-state index in [-0.39, 0.29) is 6.03 Å². The fraction of sp³-hybridized carbons (Fsp3) is 0.316. The largest absolute Gasteiger partial charge is 0.491 e.